The lowest BCUT2D eigenvalue weighted by Crippen LogP contribution is -2.31. The molecule has 1 atom stereocenters. The summed E-state index contributed by atoms with van der Waals surface area (Å²) >= 11 is 11.7. The Hall–Kier alpha value is -0.440. The summed E-state index contributed by atoms with van der Waals surface area (Å²) in [5.41, 5.74) is -0.209. The van der Waals surface area contributed by atoms with Crippen LogP contribution in [0.1, 0.15) is 20.8 Å². The van der Waals surface area contributed by atoms with Crippen LogP contribution in [0.3, 0.4) is 0 Å². The molecule has 0 saturated carbocycles. The summed E-state index contributed by atoms with van der Waals surface area (Å²) in [6.45, 7) is 6.06. The van der Waals surface area contributed by atoms with E-state index in [2.05, 4.69) is 0 Å². The smallest absolute Gasteiger partial charge is 0.138 e. The van der Waals surface area contributed by atoms with Crippen molar-refractivity contribution in [1.29, 1.82) is 0 Å². The highest BCUT2D eigenvalue weighted by atomic mass is 35.5. The number of hydrogen-bond donors (Lipinski definition) is 1. The van der Waals surface area contributed by atoms with E-state index in [4.69, 9.17) is 27.9 Å². The van der Waals surface area contributed by atoms with E-state index in [-0.39, 0.29) is 12.0 Å². The Morgan fingerprint density at radius 3 is 2.44 bits per heavy atom. The van der Waals surface area contributed by atoms with Crippen LogP contribution in [0.25, 0.3) is 0 Å². The Bertz CT molecular complexity index is 359. The molecule has 4 heteroatoms. The molecule has 0 aliphatic heterocycles. The van der Waals surface area contributed by atoms with Crippen LogP contribution in [0.15, 0.2) is 18.2 Å². The van der Waals surface area contributed by atoms with Crippen LogP contribution in [0.2, 0.25) is 10.0 Å². The van der Waals surface area contributed by atoms with Crippen molar-refractivity contribution in [2.24, 2.45) is 5.41 Å². The minimum absolute atomic E-state index is 0.209. The Labute approximate surface area is 106 Å². The van der Waals surface area contributed by atoms with Crippen molar-refractivity contribution >= 4 is 23.2 Å². The van der Waals surface area contributed by atoms with E-state index in [1.807, 2.05) is 20.8 Å². The molecule has 1 N–H and O–H groups in total. The van der Waals surface area contributed by atoms with Gasteiger partial charge in [-0.05, 0) is 23.6 Å². The minimum atomic E-state index is -0.542. The highest BCUT2D eigenvalue weighted by Crippen LogP contribution is 2.28. The number of aliphatic hydroxyl groups excluding tert-OH is 1. The molecule has 1 rings (SSSR count). The first-order valence-electron chi connectivity index (χ1n) is 5.06. The van der Waals surface area contributed by atoms with Crippen LogP contribution in [0, 0.1) is 5.41 Å². The molecule has 0 aliphatic rings. The molecule has 0 heterocycles. The van der Waals surface area contributed by atoms with Crippen molar-refractivity contribution < 1.29 is 9.84 Å². The Kier molecular flexibility index (Phi) is 4.48. The van der Waals surface area contributed by atoms with E-state index in [1.54, 1.807) is 18.2 Å². The first-order chi connectivity index (χ1) is 7.30. The van der Waals surface area contributed by atoms with Crippen LogP contribution >= 0.6 is 23.2 Å². The second-order valence-corrected chi connectivity index (χ2v) is 5.61. The first kappa shape index (κ1) is 13.6. The molecule has 0 saturated heterocycles. The van der Waals surface area contributed by atoms with Gasteiger partial charge in [-0.25, -0.2) is 0 Å². The molecule has 16 heavy (non-hydrogen) atoms. The third kappa shape index (κ3) is 3.85. The average molecular weight is 263 g/mol. The fraction of sp³-hybridized carbons (Fsp3) is 0.500. The van der Waals surface area contributed by atoms with Crippen LogP contribution < -0.4 is 4.74 Å². The standard InChI is InChI=1S/C12H16Cl2O2/c1-12(2,3)11(15)7-16-10-5-4-8(13)6-9(10)14/h4-6,11,15H,7H2,1-3H3. The molecule has 0 spiro atoms. The third-order valence-corrected chi connectivity index (χ3v) is 2.82. The van der Waals surface area contributed by atoms with Gasteiger partial charge in [-0.2, -0.15) is 0 Å². The van der Waals surface area contributed by atoms with Crippen LogP contribution in [-0.4, -0.2) is 17.8 Å². The van der Waals surface area contributed by atoms with Gasteiger partial charge in [0.15, 0.2) is 0 Å². The highest BCUT2D eigenvalue weighted by molar-refractivity contribution is 6.35. The van der Waals surface area contributed by atoms with Gasteiger partial charge in [0.1, 0.15) is 12.4 Å². The zero-order chi connectivity index (χ0) is 12.3. The zero-order valence-corrected chi connectivity index (χ0v) is 11.1. The molecule has 0 fully saturated rings. The topological polar surface area (TPSA) is 29.5 Å². The van der Waals surface area contributed by atoms with Gasteiger partial charge in [0.25, 0.3) is 0 Å². The van der Waals surface area contributed by atoms with Gasteiger partial charge in [0, 0.05) is 5.02 Å². The Morgan fingerprint density at radius 1 is 1.31 bits per heavy atom. The average Bonchev–Trinajstić information content (AvgIpc) is 2.14. The van der Waals surface area contributed by atoms with E-state index >= 15 is 0 Å². The number of benzene rings is 1. The number of rotatable bonds is 3. The lowest BCUT2D eigenvalue weighted by molar-refractivity contribution is 0.0218. The van der Waals surface area contributed by atoms with Crippen molar-refractivity contribution in [2.45, 2.75) is 26.9 Å². The van der Waals surface area contributed by atoms with Gasteiger partial charge in [-0.15, -0.1) is 0 Å². The lowest BCUT2D eigenvalue weighted by atomic mass is 9.90. The van der Waals surface area contributed by atoms with Crippen molar-refractivity contribution in [3.63, 3.8) is 0 Å². The maximum absolute atomic E-state index is 9.80. The predicted molar refractivity (Wildman–Crippen MR) is 67.4 cm³/mol. The van der Waals surface area contributed by atoms with E-state index in [9.17, 15) is 5.11 Å². The van der Waals surface area contributed by atoms with Crippen molar-refractivity contribution in [3.8, 4) is 5.75 Å². The number of hydrogen-bond acceptors (Lipinski definition) is 2. The first-order valence-corrected chi connectivity index (χ1v) is 5.82. The van der Waals surface area contributed by atoms with Gasteiger partial charge in [-0.1, -0.05) is 44.0 Å². The molecular formula is C12H16Cl2O2. The summed E-state index contributed by atoms with van der Waals surface area (Å²) in [4.78, 5) is 0. The van der Waals surface area contributed by atoms with E-state index in [0.717, 1.165) is 0 Å². The largest absolute Gasteiger partial charge is 0.489 e. The molecule has 1 aromatic rings. The molecule has 1 unspecified atom stereocenters. The predicted octanol–water partition coefficient (Wildman–Crippen LogP) is 3.78. The SMILES string of the molecule is CC(C)(C)C(O)COc1ccc(Cl)cc1Cl. The zero-order valence-electron chi connectivity index (χ0n) is 9.63. The summed E-state index contributed by atoms with van der Waals surface area (Å²) in [6.07, 6.45) is -0.542. The van der Waals surface area contributed by atoms with Crippen molar-refractivity contribution in [2.75, 3.05) is 6.61 Å². The molecule has 2 nitrogen and oxygen atoms in total. The molecular weight excluding hydrogens is 247 g/mol. The normalized spacial score (nSPS) is 13.6. The third-order valence-electron chi connectivity index (χ3n) is 2.29. The molecule has 90 valence electrons. The molecule has 0 aromatic heterocycles. The van der Waals surface area contributed by atoms with E-state index in [0.29, 0.717) is 15.8 Å². The quantitative estimate of drug-likeness (QED) is 0.899. The van der Waals surface area contributed by atoms with Gasteiger partial charge < -0.3 is 9.84 Å². The summed E-state index contributed by atoms with van der Waals surface area (Å²) < 4.78 is 5.44. The van der Waals surface area contributed by atoms with E-state index < -0.39 is 6.10 Å². The maximum atomic E-state index is 9.80. The van der Waals surface area contributed by atoms with Crippen LogP contribution in [0.4, 0.5) is 0 Å². The van der Waals surface area contributed by atoms with Gasteiger partial charge in [-0.3, -0.25) is 0 Å². The molecule has 0 amide bonds. The lowest BCUT2D eigenvalue weighted by Gasteiger charge is -2.25. The van der Waals surface area contributed by atoms with Crippen LogP contribution in [-0.2, 0) is 0 Å². The molecule has 0 radical (unpaired) electrons. The second-order valence-electron chi connectivity index (χ2n) is 4.77. The molecule has 0 aliphatic carbocycles. The Balaban J connectivity index is 2.62. The highest BCUT2D eigenvalue weighted by Gasteiger charge is 2.22. The van der Waals surface area contributed by atoms with Crippen LogP contribution in [0.5, 0.6) is 5.75 Å². The van der Waals surface area contributed by atoms with Crippen molar-refractivity contribution in [3.05, 3.63) is 28.2 Å². The minimum Gasteiger partial charge on any atom is -0.489 e. The van der Waals surface area contributed by atoms with Crippen molar-refractivity contribution in [1.82, 2.24) is 0 Å². The number of aliphatic hydroxyl groups is 1. The van der Waals surface area contributed by atoms with Gasteiger partial charge in [0.2, 0.25) is 0 Å². The summed E-state index contributed by atoms with van der Waals surface area (Å²) in [6, 6.07) is 5.01. The fourth-order valence-corrected chi connectivity index (χ4v) is 1.47. The summed E-state index contributed by atoms with van der Waals surface area (Å²) in [7, 11) is 0. The number of ether oxygens (including phenoxy) is 1. The monoisotopic (exact) mass is 262 g/mol. The number of halogens is 2. The van der Waals surface area contributed by atoms with Gasteiger partial charge in [0.05, 0.1) is 11.1 Å². The molecule has 1 aromatic carbocycles. The molecule has 0 bridgehead atoms. The maximum Gasteiger partial charge on any atom is 0.138 e. The summed E-state index contributed by atoms with van der Waals surface area (Å²) in [5, 5.41) is 10.8. The van der Waals surface area contributed by atoms with Gasteiger partial charge >= 0.3 is 0 Å². The Morgan fingerprint density at radius 2 is 1.94 bits per heavy atom. The van der Waals surface area contributed by atoms with E-state index in [1.165, 1.54) is 0 Å². The fourth-order valence-electron chi connectivity index (χ4n) is 1.01. The summed E-state index contributed by atoms with van der Waals surface area (Å²) in [5.74, 6) is 0.536. The second kappa shape index (κ2) is 5.26.